The average molecular weight is 324 g/mol. The van der Waals surface area contributed by atoms with E-state index in [1.807, 2.05) is 24.3 Å². The van der Waals surface area contributed by atoms with Crippen LogP contribution in [-0.4, -0.2) is 26.1 Å². The molecule has 1 aliphatic heterocycles. The SMILES string of the molecule is COCc1cccc(C(=O)NCc2ccc(N3CCCC3)cc2)c1. The zero-order valence-corrected chi connectivity index (χ0v) is 14.1. The summed E-state index contributed by atoms with van der Waals surface area (Å²) in [5, 5.41) is 2.98. The summed E-state index contributed by atoms with van der Waals surface area (Å²) in [4.78, 5) is 14.7. The Morgan fingerprint density at radius 1 is 1.08 bits per heavy atom. The quantitative estimate of drug-likeness (QED) is 0.886. The van der Waals surface area contributed by atoms with E-state index >= 15 is 0 Å². The van der Waals surface area contributed by atoms with E-state index in [0.717, 1.165) is 24.2 Å². The molecular weight excluding hydrogens is 300 g/mol. The summed E-state index contributed by atoms with van der Waals surface area (Å²) in [5.41, 5.74) is 4.05. The molecular formula is C20H24N2O2. The number of methoxy groups -OCH3 is 1. The van der Waals surface area contributed by atoms with Crippen LogP contribution in [0.15, 0.2) is 48.5 Å². The van der Waals surface area contributed by atoms with Gasteiger partial charge in [0, 0.05) is 38.0 Å². The lowest BCUT2D eigenvalue weighted by atomic mass is 10.1. The van der Waals surface area contributed by atoms with E-state index in [4.69, 9.17) is 4.74 Å². The minimum atomic E-state index is -0.0587. The summed E-state index contributed by atoms with van der Waals surface area (Å²) in [7, 11) is 1.65. The number of amides is 1. The van der Waals surface area contributed by atoms with Crippen LogP contribution in [0, 0.1) is 0 Å². The number of benzene rings is 2. The highest BCUT2D eigenvalue weighted by molar-refractivity contribution is 5.94. The molecule has 0 spiro atoms. The first-order valence-corrected chi connectivity index (χ1v) is 8.46. The Hall–Kier alpha value is -2.33. The monoisotopic (exact) mass is 324 g/mol. The number of carbonyl (C=O) groups is 1. The first-order valence-electron chi connectivity index (χ1n) is 8.46. The molecule has 0 radical (unpaired) electrons. The van der Waals surface area contributed by atoms with Crippen LogP contribution >= 0.6 is 0 Å². The van der Waals surface area contributed by atoms with Crippen molar-refractivity contribution in [1.82, 2.24) is 5.32 Å². The summed E-state index contributed by atoms with van der Waals surface area (Å²) in [6.45, 7) is 3.34. The highest BCUT2D eigenvalue weighted by Crippen LogP contribution is 2.20. The zero-order chi connectivity index (χ0) is 16.8. The number of hydrogen-bond acceptors (Lipinski definition) is 3. The van der Waals surface area contributed by atoms with Crippen molar-refractivity contribution in [2.45, 2.75) is 26.0 Å². The van der Waals surface area contributed by atoms with E-state index < -0.39 is 0 Å². The first kappa shape index (κ1) is 16.5. The predicted molar refractivity (Wildman–Crippen MR) is 96.2 cm³/mol. The summed E-state index contributed by atoms with van der Waals surface area (Å²) in [6.07, 6.45) is 2.56. The third-order valence-corrected chi connectivity index (χ3v) is 4.36. The Bertz CT molecular complexity index is 676. The highest BCUT2D eigenvalue weighted by Gasteiger charge is 2.12. The second-order valence-corrected chi connectivity index (χ2v) is 6.18. The molecule has 0 aromatic heterocycles. The maximum atomic E-state index is 12.3. The topological polar surface area (TPSA) is 41.6 Å². The van der Waals surface area contributed by atoms with Crippen LogP contribution in [0.1, 0.15) is 34.3 Å². The molecule has 1 heterocycles. The second-order valence-electron chi connectivity index (χ2n) is 6.18. The molecule has 1 aliphatic rings. The van der Waals surface area contributed by atoms with Gasteiger partial charge in [-0.3, -0.25) is 4.79 Å². The molecule has 1 saturated heterocycles. The average Bonchev–Trinajstić information content (AvgIpc) is 3.15. The van der Waals surface area contributed by atoms with Crippen molar-refractivity contribution in [3.8, 4) is 0 Å². The van der Waals surface area contributed by atoms with Gasteiger partial charge in [0.1, 0.15) is 0 Å². The van der Waals surface area contributed by atoms with Crippen molar-refractivity contribution in [2.75, 3.05) is 25.1 Å². The van der Waals surface area contributed by atoms with Gasteiger partial charge in [-0.25, -0.2) is 0 Å². The van der Waals surface area contributed by atoms with Crippen LogP contribution in [-0.2, 0) is 17.9 Å². The summed E-state index contributed by atoms with van der Waals surface area (Å²) in [6, 6.07) is 16.0. The van der Waals surface area contributed by atoms with E-state index in [2.05, 4.69) is 34.5 Å². The van der Waals surface area contributed by atoms with Crippen molar-refractivity contribution in [3.05, 3.63) is 65.2 Å². The molecule has 0 saturated carbocycles. The standard InChI is InChI=1S/C20H24N2O2/c1-24-15-17-5-4-6-18(13-17)20(23)21-14-16-7-9-19(10-8-16)22-11-2-3-12-22/h4-10,13H,2-3,11-12,14-15H2,1H3,(H,21,23). The lowest BCUT2D eigenvalue weighted by molar-refractivity contribution is 0.0950. The van der Waals surface area contributed by atoms with Gasteiger partial charge in [-0.15, -0.1) is 0 Å². The number of nitrogens with one attached hydrogen (secondary N) is 1. The maximum Gasteiger partial charge on any atom is 0.251 e. The number of carbonyl (C=O) groups excluding carboxylic acids is 1. The third-order valence-electron chi connectivity index (χ3n) is 4.36. The molecule has 2 aromatic carbocycles. The minimum absolute atomic E-state index is 0.0587. The van der Waals surface area contributed by atoms with Gasteiger partial charge < -0.3 is 15.0 Å². The molecule has 3 rings (SSSR count). The predicted octanol–water partition coefficient (Wildman–Crippen LogP) is 3.36. The fourth-order valence-corrected chi connectivity index (χ4v) is 3.05. The molecule has 4 nitrogen and oxygen atoms in total. The van der Waals surface area contributed by atoms with Crippen molar-refractivity contribution in [3.63, 3.8) is 0 Å². The lowest BCUT2D eigenvalue weighted by Crippen LogP contribution is -2.23. The highest BCUT2D eigenvalue weighted by atomic mass is 16.5. The number of rotatable bonds is 6. The van der Waals surface area contributed by atoms with E-state index in [1.54, 1.807) is 7.11 Å². The summed E-state index contributed by atoms with van der Waals surface area (Å²) >= 11 is 0. The number of nitrogens with zero attached hydrogens (tertiary/aromatic N) is 1. The number of hydrogen-bond donors (Lipinski definition) is 1. The Balaban J connectivity index is 1.56. The van der Waals surface area contributed by atoms with Crippen LogP contribution in [0.3, 0.4) is 0 Å². The molecule has 4 heteroatoms. The van der Waals surface area contributed by atoms with Gasteiger partial charge in [0.2, 0.25) is 0 Å². The Labute approximate surface area is 143 Å². The molecule has 0 unspecified atom stereocenters. The third kappa shape index (κ3) is 4.15. The van der Waals surface area contributed by atoms with Crippen LogP contribution in [0.5, 0.6) is 0 Å². The zero-order valence-electron chi connectivity index (χ0n) is 14.1. The van der Waals surface area contributed by atoms with Gasteiger partial charge in [-0.2, -0.15) is 0 Å². The van der Waals surface area contributed by atoms with E-state index in [1.165, 1.54) is 18.5 Å². The maximum absolute atomic E-state index is 12.3. The van der Waals surface area contributed by atoms with Crippen molar-refractivity contribution in [2.24, 2.45) is 0 Å². The van der Waals surface area contributed by atoms with Crippen LogP contribution in [0.2, 0.25) is 0 Å². The van der Waals surface area contributed by atoms with E-state index in [-0.39, 0.29) is 5.91 Å². The van der Waals surface area contributed by atoms with Gasteiger partial charge in [0.05, 0.1) is 6.61 Å². The molecule has 24 heavy (non-hydrogen) atoms. The van der Waals surface area contributed by atoms with E-state index in [0.29, 0.717) is 18.7 Å². The summed E-state index contributed by atoms with van der Waals surface area (Å²) in [5.74, 6) is -0.0587. The van der Waals surface area contributed by atoms with Gasteiger partial charge in [-0.05, 0) is 48.2 Å². The molecule has 1 amide bonds. The van der Waals surface area contributed by atoms with Gasteiger partial charge in [0.15, 0.2) is 0 Å². The normalized spacial score (nSPS) is 14.0. The number of ether oxygens (including phenoxy) is 1. The molecule has 0 bridgehead atoms. The van der Waals surface area contributed by atoms with Gasteiger partial charge in [0.25, 0.3) is 5.91 Å². The van der Waals surface area contributed by atoms with Crippen LogP contribution in [0.25, 0.3) is 0 Å². The minimum Gasteiger partial charge on any atom is -0.380 e. The Morgan fingerprint density at radius 2 is 1.83 bits per heavy atom. The lowest BCUT2D eigenvalue weighted by Gasteiger charge is -2.17. The largest absolute Gasteiger partial charge is 0.380 e. The van der Waals surface area contributed by atoms with Crippen LogP contribution in [0.4, 0.5) is 5.69 Å². The fraction of sp³-hybridized carbons (Fsp3) is 0.350. The van der Waals surface area contributed by atoms with Crippen molar-refractivity contribution >= 4 is 11.6 Å². The molecule has 0 aliphatic carbocycles. The van der Waals surface area contributed by atoms with Crippen molar-refractivity contribution in [1.29, 1.82) is 0 Å². The summed E-state index contributed by atoms with van der Waals surface area (Å²) < 4.78 is 5.11. The van der Waals surface area contributed by atoms with E-state index in [9.17, 15) is 4.79 Å². The Kier molecular flexibility index (Phi) is 5.49. The Morgan fingerprint density at radius 3 is 2.54 bits per heavy atom. The first-order chi connectivity index (χ1) is 11.8. The fourth-order valence-electron chi connectivity index (χ4n) is 3.05. The smallest absolute Gasteiger partial charge is 0.251 e. The molecule has 2 aromatic rings. The van der Waals surface area contributed by atoms with Crippen molar-refractivity contribution < 1.29 is 9.53 Å². The molecule has 126 valence electrons. The molecule has 0 atom stereocenters. The molecule has 1 fully saturated rings. The second kappa shape index (κ2) is 7.97. The number of anilines is 1. The van der Waals surface area contributed by atoms with Crippen LogP contribution < -0.4 is 10.2 Å². The van der Waals surface area contributed by atoms with Gasteiger partial charge in [-0.1, -0.05) is 24.3 Å². The molecule has 1 N–H and O–H groups in total. The van der Waals surface area contributed by atoms with Gasteiger partial charge >= 0.3 is 0 Å².